The number of carbonyl (C=O) groups excluding carboxylic acids is 2. The minimum Gasteiger partial charge on any atom is -0.396 e. The van der Waals surface area contributed by atoms with Crippen LogP contribution in [0.1, 0.15) is 21.0 Å². The molecule has 6 N–H and O–H groups in total. The lowest BCUT2D eigenvalue weighted by molar-refractivity contribution is 0.0986. The highest BCUT2D eigenvalue weighted by molar-refractivity contribution is 5.92. The van der Waals surface area contributed by atoms with Gasteiger partial charge < -0.3 is 17.2 Å². The second-order valence-corrected chi connectivity index (χ2v) is 3.48. The summed E-state index contributed by atoms with van der Waals surface area (Å²) < 4.78 is 1.25. The molecular formula is C10H10N6O2. The molecule has 0 saturated heterocycles. The Balaban J connectivity index is 2.51. The smallest absolute Gasteiger partial charge is 0.269 e. The van der Waals surface area contributed by atoms with Crippen molar-refractivity contribution in [2.75, 3.05) is 5.73 Å². The fourth-order valence-corrected chi connectivity index (χ4v) is 1.35. The normalized spacial score (nSPS) is 10.2. The van der Waals surface area contributed by atoms with E-state index in [0.29, 0.717) is 5.69 Å². The van der Waals surface area contributed by atoms with Crippen molar-refractivity contribution in [2.24, 2.45) is 11.5 Å². The number of nitrogen functional groups attached to an aromatic ring is 1. The molecule has 92 valence electrons. The first-order valence-electron chi connectivity index (χ1n) is 4.91. The molecule has 2 aromatic rings. The third-order valence-electron chi connectivity index (χ3n) is 2.22. The highest BCUT2D eigenvalue weighted by Crippen LogP contribution is 2.14. The Labute approximate surface area is 101 Å². The zero-order chi connectivity index (χ0) is 13.3. The molecule has 0 spiro atoms. The summed E-state index contributed by atoms with van der Waals surface area (Å²) in [4.78, 5) is 25.9. The standard InChI is InChI=1S/C10H10N6O2/c11-5-1-2-6(8(12)17)14-10(5)16-4-3-7(15-16)9(13)18/h1-4H,11H2,(H2,12,17)(H2,13,18). The zero-order valence-electron chi connectivity index (χ0n) is 9.20. The monoisotopic (exact) mass is 246 g/mol. The molecule has 2 rings (SSSR count). The number of anilines is 1. The van der Waals surface area contributed by atoms with E-state index >= 15 is 0 Å². The molecule has 2 aromatic heterocycles. The summed E-state index contributed by atoms with van der Waals surface area (Å²) in [6, 6.07) is 4.30. The molecule has 2 amide bonds. The van der Waals surface area contributed by atoms with E-state index in [1.165, 1.54) is 29.1 Å². The number of hydrogen-bond donors (Lipinski definition) is 3. The van der Waals surface area contributed by atoms with Crippen LogP contribution in [0, 0.1) is 0 Å². The molecule has 8 nitrogen and oxygen atoms in total. The van der Waals surface area contributed by atoms with Crippen molar-refractivity contribution in [3.63, 3.8) is 0 Å². The van der Waals surface area contributed by atoms with Crippen LogP contribution in [0.15, 0.2) is 24.4 Å². The highest BCUT2D eigenvalue weighted by Gasteiger charge is 2.11. The van der Waals surface area contributed by atoms with E-state index in [1.54, 1.807) is 0 Å². The van der Waals surface area contributed by atoms with Gasteiger partial charge in [-0.3, -0.25) is 9.59 Å². The van der Waals surface area contributed by atoms with E-state index in [-0.39, 0.29) is 17.2 Å². The van der Waals surface area contributed by atoms with Crippen LogP contribution in [0.25, 0.3) is 5.82 Å². The molecule has 0 unspecified atom stereocenters. The second-order valence-electron chi connectivity index (χ2n) is 3.48. The maximum absolute atomic E-state index is 11.0. The van der Waals surface area contributed by atoms with Crippen molar-refractivity contribution in [3.8, 4) is 5.82 Å². The zero-order valence-corrected chi connectivity index (χ0v) is 9.20. The lowest BCUT2D eigenvalue weighted by Crippen LogP contribution is -2.16. The van der Waals surface area contributed by atoms with E-state index < -0.39 is 11.8 Å². The fourth-order valence-electron chi connectivity index (χ4n) is 1.35. The average molecular weight is 246 g/mol. The predicted molar refractivity (Wildman–Crippen MR) is 62.8 cm³/mol. The Kier molecular flexibility index (Phi) is 2.68. The minimum atomic E-state index is -0.682. The molecule has 0 aliphatic heterocycles. The van der Waals surface area contributed by atoms with E-state index in [2.05, 4.69) is 10.1 Å². The van der Waals surface area contributed by atoms with Crippen LogP contribution < -0.4 is 17.2 Å². The van der Waals surface area contributed by atoms with Gasteiger partial charge in [-0.25, -0.2) is 9.67 Å². The van der Waals surface area contributed by atoms with E-state index in [4.69, 9.17) is 17.2 Å². The van der Waals surface area contributed by atoms with Gasteiger partial charge in [0.15, 0.2) is 5.82 Å². The summed E-state index contributed by atoms with van der Waals surface area (Å²) >= 11 is 0. The van der Waals surface area contributed by atoms with Gasteiger partial charge in [0, 0.05) is 6.20 Å². The lowest BCUT2D eigenvalue weighted by atomic mass is 10.3. The van der Waals surface area contributed by atoms with Crippen molar-refractivity contribution in [1.29, 1.82) is 0 Å². The van der Waals surface area contributed by atoms with Gasteiger partial charge in [0.05, 0.1) is 5.69 Å². The Morgan fingerprint density at radius 2 is 1.72 bits per heavy atom. The Bertz CT molecular complexity index is 633. The van der Waals surface area contributed by atoms with Gasteiger partial charge >= 0.3 is 0 Å². The molecule has 2 heterocycles. The molecule has 0 atom stereocenters. The number of amides is 2. The number of pyridine rings is 1. The van der Waals surface area contributed by atoms with E-state index in [1.807, 2.05) is 0 Å². The highest BCUT2D eigenvalue weighted by atomic mass is 16.1. The van der Waals surface area contributed by atoms with Crippen molar-refractivity contribution in [3.05, 3.63) is 35.8 Å². The third kappa shape index (κ3) is 1.98. The number of aromatic nitrogens is 3. The van der Waals surface area contributed by atoms with Gasteiger partial charge in [-0.15, -0.1) is 0 Å². The Morgan fingerprint density at radius 1 is 1.06 bits per heavy atom. The molecule has 0 saturated carbocycles. The number of rotatable bonds is 3. The average Bonchev–Trinajstić information content (AvgIpc) is 2.78. The molecule has 0 fully saturated rings. The van der Waals surface area contributed by atoms with Gasteiger partial charge in [-0.05, 0) is 18.2 Å². The number of nitrogens with two attached hydrogens (primary N) is 3. The molecule has 0 aliphatic carbocycles. The summed E-state index contributed by atoms with van der Waals surface area (Å²) in [5.41, 5.74) is 16.3. The molecule has 0 aliphatic rings. The first-order valence-corrected chi connectivity index (χ1v) is 4.91. The Morgan fingerprint density at radius 3 is 2.28 bits per heavy atom. The summed E-state index contributed by atoms with van der Waals surface area (Å²) in [5.74, 6) is -1.14. The number of hydrogen-bond acceptors (Lipinski definition) is 5. The minimum absolute atomic E-state index is 0.0512. The second kappa shape index (κ2) is 4.17. The van der Waals surface area contributed by atoms with Gasteiger partial charge in [-0.2, -0.15) is 5.10 Å². The van der Waals surface area contributed by atoms with Crippen LogP contribution in [0.4, 0.5) is 5.69 Å². The topological polar surface area (TPSA) is 143 Å². The molecule has 0 aromatic carbocycles. The summed E-state index contributed by atoms with van der Waals surface area (Å²) in [6.07, 6.45) is 1.46. The van der Waals surface area contributed by atoms with Crippen LogP contribution in [0.2, 0.25) is 0 Å². The summed E-state index contributed by atoms with van der Waals surface area (Å²) in [7, 11) is 0. The first kappa shape index (κ1) is 11.6. The largest absolute Gasteiger partial charge is 0.396 e. The van der Waals surface area contributed by atoms with Crippen molar-refractivity contribution >= 4 is 17.5 Å². The fraction of sp³-hybridized carbons (Fsp3) is 0. The van der Waals surface area contributed by atoms with Crippen molar-refractivity contribution in [2.45, 2.75) is 0 Å². The maximum atomic E-state index is 11.0. The number of nitrogens with zero attached hydrogens (tertiary/aromatic N) is 3. The molecule has 8 heteroatoms. The van der Waals surface area contributed by atoms with Crippen molar-refractivity contribution < 1.29 is 9.59 Å². The van der Waals surface area contributed by atoms with Crippen LogP contribution in [-0.2, 0) is 0 Å². The van der Waals surface area contributed by atoms with Gasteiger partial charge in [0.1, 0.15) is 11.4 Å². The van der Waals surface area contributed by atoms with Crippen LogP contribution in [0.5, 0.6) is 0 Å². The molecule has 18 heavy (non-hydrogen) atoms. The van der Waals surface area contributed by atoms with Crippen LogP contribution in [0.3, 0.4) is 0 Å². The molecule has 0 bridgehead atoms. The molecular weight excluding hydrogens is 236 g/mol. The SMILES string of the molecule is NC(=O)c1ccc(N)c(-n2ccc(C(N)=O)n2)n1. The predicted octanol–water partition coefficient (Wildman–Crippen LogP) is -0.953. The van der Waals surface area contributed by atoms with Crippen LogP contribution in [-0.4, -0.2) is 26.6 Å². The number of carbonyl (C=O) groups is 2. The first-order chi connectivity index (χ1) is 8.49. The Hall–Kier alpha value is -2.90. The van der Waals surface area contributed by atoms with E-state index in [9.17, 15) is 9.59 Å². The van der Waals surface area contributed by atoms with Crippen LogP contribution >= 0.6 is 0 Å². The summed E-state index contributed by atoms with van der Waals surface area (Å²) in [5, 5.41) is 3.89. The van der Waals surface area contributed by atoms with E-state index in [0.717, 1.165) is 0 Å². The summed E-state index contributed by atoms with van der Waals surface area (Å²) in [6.45, 7) is 0. The third-order valence-corrected chi connectivity index (χ3v) is 2.22. The quantitative estimate of drug-likeness (QED) is 0.639. The number of primary amides is 2. The maximum Gasteiger partial charge on any atom is 0.269 e. The molecule has 0 radical (unpaired) electrons. The van der Waals surface area contributed by atoms with Gasteiger partial charge in [0.25, 0.3) is 11.8 Å². The van der Waals surface area contributed by atoms with Crippen molar-refractivity contribution in [1.82, 2.24) is 14.8 Å². The van der Waals surface area contributed by atoms with Gasteiger partial charge in [-0.1, -0.05) is 0 Å². The lowest BCUT2D eigenvalue weighted by Gasteiger charge is -2.05. The van der Waals surface area contributed by atoms with Gasteiger partial charge in [0.2, 0.25) is 0 Å².